The van der Waals surface area contributed by atoms with Crippen LogP contribution in [0.3, 0.4) is 0 Å². The van der Waals surface area contributed by atoms with Crippen molar-refractivity contribution in [1.29, 1.82) is 0 Å². The fraction of sp³-hybridized carbons (Fsp3) is 1.00. The average Bonchev–Trinajstić information content (AvgIpc) is 1.65. The van der Waals surface area contributed by atoms with Gasteiger partial charge in [0.25, 0.3) is 0 Å². The lowest BCUT2D eigenvalue weighted by Crippen LogP contribution is -2.13. The van der Waals surface area contributed by atoms with E-state index in [-0.39, 0.29) is 12.2 Å². The predicted molar refractivity (Wildman–Crippen MR) is 32.6 cm³/mol. The van der Waals surface area contributed by atoms with Gasteiger partial charge in [-0.25, -0.2) is 0 Å². The molecule has 0 saturated carbocycles. The number of hydrogen-bond donors (Lipinski definition) is 2. The molecule has 0 saturated heterocycles. The van der Waals surface area contributed by atoms with Crippen LogP contribution in [0.5, 0.6) is 0 Å². The summed E-state index contributed by atoms with van der Waals surface area (Å²) in [6.45, 7) is 3.58. The van der Waals surface area contributed by atoms with Gasteiger partial charge >= 0.3 is 0 Å². The summed E-state index contributed by atoms with van der Waals surface area (Å²) in [5.74, 6) is 0. The Bertz CT molecular complexity index is 52.5. The van der Waals surface area contributed by atoms with Crippen molar-refractivity contribution in [1.82, 2.24) is 0 Å². The van der Waals surface area contributed by atoms with Gasteiger partial charge in [0.05, 0.1) is 12.2 Å². The monoisotopic (exact) mass is 118 g/mol. The third kappa shape index (κ3) is 4.09. The average molecular weight is 118 g/mol. The number of aliphatic hydroxyl groups is 2. The molecule has 0 aromatic carbocycles. The molecule has 0 unspecified atom stereocenters. The Kier molecular flexibility index (Phi) is 3.83. The highest BCUT2D eigenvalue weighted by Gasteiger charge is 2.03. The van der Waals surface area contributed by atoms with Crippen LogP contribution in [0.25, 0.3) is 0 Å². The summed E-state index contributed by atoms with van der Waals surface area (Å²) in [4.78, 5) is 0. The molecule has 0 rings (SSSR count). The van der Waals surface area contributed by atoms with Gasteiger partial charge in [-0.15, -0.1) is 0 Å². The van der Waals surface area contributed by atoms with Gasteiger partial charge in [0.1, 0.15) is 0 Å². The largest absolute Gasteiger partial charge is 0.393 e. The van der Waals surface area contributed by atoms with E-state index in [0.29, 0.717) is 6.42 Å². The maximum Gasteiger partial charge on any atom is 0.0562 e. The standard InChI is InChI=1S/C6H14O2/c1-3-6(8)4-5(2)7/h5-8H,3-4H2,1-2H3/t5-,6-/m1/s1. The van der Waals surface area contributed by atoms with Gasteiger partial charge in [0.15, 0.2) is 0 Å². The summed E-state index contributed by atoms with van der Waals surface area (Å²) in [5.41, 5.74) is 0. The molecule has 0 heterocycles. The molecule has 0 aliphatic carbocycles. The highest BCUT2D eigenvalue weighted by Crippen LogP contribution is 1.99. The number of hydrogen-bond acceptors (Lipinski definition) is 2. The van der Waals surface area contributed by atoms with Crippen molar-refractivity contribution >= 4 is 0 Å². The third-order valence-corrected chi connectivity index (χ3v) is 1.08. The first-order chi connectivity index (χ1) is 3.66. The number of rotatable bonds is 3. The first kappa shape index (κ1) is 7.92. The smallest absolute Gasteiger partial charge is 0.0562 e. The van der Waals surface area contributed by atoms with E-state index in [2.05, 4.69) is 0 Å². The minimum Gasteiger partial charge on any atom is -0.393 e. The quantitative estimate of drug-likeness (QED) is 0.567. The van der Waals surface area contributed by atoms with E-state index in [1.54, 1.807) is 6.92 Å². The summed E-state index contributed by atoms with van der Waals surface area (Å²) >= 11 is 0. The first-order valence-electron chi connectivity index (χ1n) is 3.03. The Hall–Kier alpha value is -0.0800. The van der Waals surface area contributed by atoms with E-state index in [9.17, 15) is 0 Å². The van der Waals surface area contributed by atoms with E-state index < -0.39 is 0 Å². The lowest BCUT2D eigenvalue weighted by atomic mass is 10.1. The molecular weight excluding hydrogens is 104 g/mol. The maximum absolute atomic E-state index is 8.87. The molecule has 2 heteroatoms. The van der Waals surface area contributed by atoms with Crippen molar-refractivity contribution in [2.75, 3.05) is 0 Å². The SMILES string of the molecule is CC[C@@H](O)C[C@@H](C)O. The number of aliphatic hydroxyl groups excluding tert-OH is 2. The molecule has 0 spiro atoms. The van der Waals surface area contributed by atoms with Crippen molar-refractivity contribution in [3.8, 4) is 0 Å². The van der Waals surface area contributed by atoms with E-state index in [0.717, 1.165) is 6.42 Å². The van der Waals surface area contributed by atoms with Gasteiger partial charge in [-0.05, 0) is 19.8 Å². The summed E-state index contributed by atoms with van der Waals surface area (Å²) in [5, 5.41) is 17.6. The normalized spacial score (nSPS) is 18.0. The van der Waals surface area contributed by atoms with E-state index in [1.807, 2.05) is 6.92 Å². The Balaban J connectivity index is 3.10. The van der Waals surface area contributed by atoms with Crippen LogP contribution in [0.2, 0.25) is 0 Å². The molecule has 2 N–H and O–H groups in total. The van der Waals surface area contributed by atoms with Crippen molar-refractivity contribution < 1.29 is 10.2 Å². The Morgan fingerprint density at radius 1 is 1.38 bits per heavy atom. The van der Waals surface area contributed by atoms with Crippen molar-refractivity contribution in [3.63, 3.8) is 0 Å². The second-order valence-electron chi connectivity index (χ2n) is 2.15. The molecule has 0 aliphatic heterocycles. The Morgan fingerprint density at radius 3 is 2.00 bits per heavy atom. The highest BCUT2D eigenvalue weighted by atomic mass is 16.3. The minimum absolute atomic E-state index is 0.324. The molecule has 2 nitrogen and oxygen atoms in total. The van der Waals surface area contributed by atoms with Crippen LogP contribution < -0.4 is 0 Å². The molecule has 0 aromatic heterocycles. The van der Waals surface area contributed by atoms with Gasteiger partial charge in [0, 0.05) is 0 Å². The lowest BCUT2D eigenvalue weighted by molar-refractivity contribution is 0.0883. The van der Waals surface area contributed by atoms with Crippen molar-refractivity contribution in [3.05, 3.63) is 0 Å². The molecular formula is C6H14O2. The van der Waals surface area contributed by atoms with Crippen LogP contribution in [0.4, 0.5) is 0 Å². The summed E-state index contributed by atoms with van der Waals surface area (Å²) in [6.07, 6.45) is 0.529. The molecule has 0 bridgehead atoms. The zero-order valence-electron chi connectivity index (χ0n) is 5.46. The van der Waals surface area contributed by atoms with Crippen LogP contribution in [-0.2, 0) is 0 Å². The molecule has 0 amide bonds. The molecule has 8 heavy (non-hydrogen) atoms. The van der Waals surface area contributed by atoms with Crippen LogP contribution in [0.1, 0.15) is 26.7 Å². The molecule has 0 fully saturated rings. The molecule has 0 aromatic rings. The van der Waals surface area contributed by atoms with Crippen molar-refractivity contribution in [2.45, 2.75) is 38.9 Å². The van der Waals surface area contributed by atoms with Crippen LogP contribution in [0, 0.1) is 0 Å². The molecule has 0 aliphatic rings. The van der Waals surface area contributed by atoms with Crippen LogP contribution in [-0.4, -0.2) is 22.4 Å². The van der Waals surface area contributed by atoms with Gasteiger partial charge in [-0.2, -0.15) is 0 Å². The highest BCUT2D eigenvalue weighted by molar-refractivity contribution is 4.55. The van der Waals surface area contributed by atoms with Gasteiger partial charge in [-0.1, -0.05) is 6.92 Å². The summed E-state index contributed by atoms with van der Waals surface area (Å²) < 4.78 is 0. The molecule has 0 radical (unpaired) electrons. The fourth-order valence-electron chi connectivity index (χ4n) is 0.560. The van der Waals surface area contributed by atoms with Gasteiger partial charge < -0.3 is 10.2 Å². The summed E-state index contributed by atoms with van der Waals surface area (Å²) in [7, 11) is 0. The van der Waals surface area contributed by atoms with Gasteiger partial charge in [-0.3, -0.25) is 0 Å². The topological polar surface area (TPSA) is 40.5 Å². The zero-order valence-corrected chi connectivity index (χ0v) is 5.46. The molecule has 50 valence electrons. The van der Waals surface area contributed by atoms with E-state index in [4.69, 9.17) is 10.2 Å². The third-order valence-electron chi connectivity index (χ3n) is 1.08. The summed E-state index contributed by atoms with van der Waals surface area (Å²) in [6, 6.07) is 0. The van der Waals surface area contributed by atoms with E-state index >= 15 is 0 Å². The van der Waals surface area contributed by atoms with Gasteiger partial charge in [0.2, 0.25) is 0 Å². The first-order valence-corrected chi connectivity index (χ1v) is 3.03. The fourth-order valence-corrected chi connectivity index (χ4v) is 0.560. The second-order valence-corrected chi connectivity index (χ2v) is 2.15. The van der Waals surface area contributed by atoms with Crippen LogP contribution in [0.15, 0.2) is 0 Å². The van der Waals surface area contributed by atoms with Crippen molar-refractivity contribution in [2.24, 2.45) is 0 Å². The minimum atomic E-state index is -0.370. The lowest BCUT2D eigenvalue weighted by Gasteiger charge is -2.08. The second kappa shape index (κ2) is 3.87. The molecule has 2 atom stereocenters. The van der Waals surface area contributed by atoms with Crippen LogP contribution >= 0.6 is 0 Å². The predicted octanol–water partition coefficient (Wildman–Crippen LogP) is 0.528. The maximum atomic E-state index is 8.87. The zero-order chi connectivity index (χ0) is 6.57. The Morgan fingerprint density at radius 2 is 1.88 bits per heavy atom. The van der Waals surface area contributed by atoms with E-state index in [1.165, 1.54) is 0 Å². The Labute approximate surface area is 50.2 Å².